The molecule has 0 aliphatic carbocycles. The monoisotopic (exact) mass is 362 g/mol. The van der Waals surface area contributed by atoms with Gasteiger partial charge in [-0.05, 0) is 67.6 Å². The lowest BCUT2D eigenvalue weighted by Gasteiger charge is -2.15. The number of aryl methyl sites for hydroxylation is 1. The van der Waals surface area contributed by atoms with Crippen molar-refractivity contribution in [2.24, 2.45) is 4.99 Å². The first-order chi connectivity index (χ1) is 13.2. The Morgan fingerprint density at radius 2 is 1.89 bits per heavy atom. The highest BCUT2D eigenvalue weighted by molar-refractivity contribution is 6.00. The third-order valence-electron chi connectivity index (χ3n) is 5.06. The van der Waals surface area contributed by atoms with Gasteiger partial charge in [-0.3, -0.25) is 4.99 Å². The fourth-order valence-electron chi connectivity index (χ4n) is 3.44. The molecule has 0 bridgehead atoms. The van der Waals surface area contributed by atoms with Gasteiger partial charge in [0.25, 0.3) is 0 Å². The van der Waals surface area contributed by atoms with E-state index in [0.29, 0.717) is 0 Å². The predicted octanol–water partition coefficient (Wildman–Crippen LogP) is 3.53. The molecule has 1 aliphatic heterocycles. The lowest BCUT2D eigenvalue weighted by Crippen LogP contribution is -2.37. The van der Waals surface area contributed by atoms with Crippen molar-refractivity contribution in [2.45, 2.75) is 33.1 Å². The quantitative estimate of drug-likeness (QED) is 0.724. The van der Waals surface area contributed by atoms with Gasteiger partial charge in [0.2, 0.25) is 6.33 Å². The van der Waals surface area contributed by atoms with Crippen LogP contribution in [-0.2, 0) is 0 Å². The van der Waals surface area contributed by atoms with E-state index in [9.17, 15) is 0 Å². The highest BCUT2D eigenvalue weighted by Crippen LogP contribution is 2.23. The zero-order valence-electron chi connectivity index (χ0n) is 16.0. The SMILES string of the molecule is COc1ccc(-[n+]2c(C)c(C)cc3c(NC4=NCCCC4)ncnc32)cc1. The maximum atomic E-state index is 5.29. The summed E-state index contributed by atoms with van der Waals surface area (Å²) in [4.78, 5) is 13.7. The Kier molecular flexibility index (Phi) is 4.71. The van der Waals surface area contributed by atoms with Crippen molar-refractivity contribution in [2.75, 3.05) is 19.0 Å². The fraction of sp³-hybridized carbons (Fsp3) is 0.333. The van der Waals surface area contributed by atoms with E-state index in [1.807, 2.05) is 24.3 Å². The summed E-state index contributed by atoms with van der Waals surface area (Å²) in [6.07, 6.45) is 4.90. The minimum Gasteiger partial charge on any atom is -0.497 e. The first kappa shape index (κ1) is 17.4. The molecular weight excluding hydrogens is 338 g/mol. The van der Waals surface area contributed by atoms with Gasteiger partial charge in [-0.1, -0.05) is 0 Å². The van der Waals surface area contributed by atoms with Crippen molar-refractivity contribution in [3.05, 3.63) is 47.9 Å². The Labute approximate surface area is 159 Å². The van der Waals surface area contributed by atoms with Crippen LogP contribution in [0.1, 0.15) is 30.5 Å². The van der Waals surface area contributed by atoms with Gasteiger partial charge in [-0.25, -0.2) is 0 Å². The zero-order valence-corrected chi connectivity index (χ0v) is 16.0. The van der Waals surface area contributed by atoms with Crippen molar-refractivity contribution in [1.29, 1.82) is 0 Å². The minimum absolute atomic E-state index is 0.811. The number of amidine groups is 1. The van der Waals surface area contributed by atoms with E-state index in [1.54, 1.807) is 13.4 Å². The molecule has 3 aromatic rings. The Morgan fingerprint density at radius 1 is 1.07 bits per heavy atom. The van der Waals surface area contributed by atoms with Gasteiger partial charge in [-0.15, -0.1) is 0 Å². The molecule has 4 rings (SSSR count). The van der Waals surface area contributed by atoms with Crippen molar-refractivity contribution >= 4 is 22.7 Å². The number of fused-ring (bicyclic) bond motifs is 1. The highest BCUT2D eigenvalue weighted by Gasteiger charge is 2.21. The Balaban J connectivity index is 1.87. The molecule has 0 fully saturated rings. The Hall–Kier alpha value is -3.02. The molecule has 0 atom stereocenters. The van der Waals surface area contributed by atoms with Gasteiger partial charge in [0.15, 0.2) is 5.82 Å². The van der Waals surface area contributed by atoms with Gasteiger partial charge in [0, 0.05) is 13.0 Å². The summed E-state index contributed by atoms with van der Waals surface area (Å²) >= 11 is 0. The van der Waals surface area contributed by atoms with Crippen LogP contribution in [0.3, 0.4) is 0 Å². The van der Waals surface area contributed by atoms with Crippen molar-refractivity contribution in [3.8, 4) is 11.4 Å². The van der Waals surface area contributed by atoms with Crippen LogP contribution in [0.15, 0.2) is 41.7 Å². The molecule has 2 aromatic heterocycles. The second-order valence-electron chi connectivity index (χ2n) is 6.82. The molecule has 27 heavy (non-hydrogen) atoms. The van der Waals surface area contributed by atoms with E-state index in [0.717, 1.165) is 59.2 Å². The van der Waals surface area contributed by atoms with E-state index >= 15 is 0 Å². The molecule has 1 aliphatic rings. The molecule has 6 heteroatoms. The Morgan fingerprint density at radius 3 is 2.59 bits per heavy atom. The molecule has 3 heterocycles. The number of nitrogens with zero attached hydrogens (tertiary/aromatic N) is 4. The number of nitrogens with one attached hydrogen (secondary N) is 1. The molecule has 0 saturated heterocycles. The number of ether oxygens (including phenoxy) is 1. The summed E-state index contributed by atoms with van der Waals surface area (Å²) in [5, 5.41) is 4.42. The summed E-state index contributed by atoms with van der Waals surface area (Å²) in [6, 6.07) is 10.2. The fourth-order valence-corrected chi connectivity index (χ4v) is 3.44. The first-order valence-electron chi connectivity index (χ1n) is 9.29. The van der Waals surface area contributed by atoms with Crippen molar-refractivity contribution < 1.29 is 9.30 Å². The average Bonchev–Trinajstić information content (AvgIpc) is 2.71. The molecule has 138 valence electrons. The number of aliphatic imine (C=N–C) groups is 1. The number of methoxy groups -OCH3 is 1. The highest BCUT2D eigenvalue weighted by atomic mass is 16.5. The molecule has 1 N–H and O–H groups in total. The normalized spacial score (nSPS) is 14.1. The molecule has 0 amide bonds. The average molecular weight is 362 g/mol. The van der Waals surface area contributed by atoms with Gasteiger partial charge < -0.3 is 10.1 Å². The van der Waals surface area contributed by atoms with E-state index in [-0.39, 0.29) is 0 Å². The number of aromatic nitrogens is 3. The van der Waals surface area contributed by atoms with E-state index < -0.39 is 0 Å². The number of hydrogen-bond donors (Lipinski definition) is 1. The number of rotatable bonds is 3. The molecule has 0 saturated carbocycles. The van der Waals surface area contributed by atoms with E-state index in [1.165, 1.54) is 12.0 Å². The third kappa shape index (κ3) is 3.35. The van der Waals surface area contributed by atoms with Gasteiger partial charge in [0.1, 0.15) is 28.4 Å². The van der Waals surface area contributed by atoms with Crippen LogP contribution in [0, 0.1) is 13.8 Å². The van der Waals surface area contributed by atoms with Crippen molar-refractivity contribution in [1.82, 2.24) is 9.97 Å². The summed E-state index contributed by atoms with van der Waals surface area (Å²) < 4.78 is 7.46. The number of pyridine rings is 1. The lowest BCUT2D eigenvalue weighted by molar-refractivity contribution is -0.577. The smallest absolute Gasteiger partial charge is 0.341 e. The van der Waals surface area contributed by atoms with Crippen molar-refractivity contribution in [3.63, 3.8) is 0 Å². The molecule has 0 unspecified atom stereocenters. The van der Waals surface area contributed by atoms with E-state index in [4.69, 9.17) is 4.74 Å². The van der Waals surface area contributed by atoms with Crippen LogP contribution >= 0.6 is 0 Å². The van der Waals surface area contributed by atoms with Gasteiger partial charge >= 0.3 is 5.65 Å². The predicted molar refractivity (Wildman–Crippen MR) is 107 cm³/mol. The molecule has 6 nitrogen and oxygen atoms in total. The van der Waals surface area contributed by atoms with Crippen LogP contribution < -0.4 is 14.6 Å². The first-order valence-corrected chi connectivity index (χ1v) is 9.29. The zero-order chi connectivity index (χ0) is 18.8. The summed E-state index contributed by atoms with van der Waals surface area (Å²) in [5.74, 6) is 2.66. The van der Waals surface area contributed by atoms with Gasteiger partial charge in [0.05, 0.1) is 7.11 Å². The molecule has 0 spiro atoms. The van der Waals surface area contributed by atoms with E-state index in [2.05, 4.69) is 44.8 Å². The summed E-state index contributed by atoms with van der Waals surface area (Å²) in [6.45, 7) is 5.11. The molecule has 0 radical (unpaired) electrons. The maximum absolute atomic E-state index is 5.29. The lowest BCUT2D eigenvalue weighted by atomic mass is 10.1. The van der Waals surface area contributed by atoms with Crippen LogP contribution in [0.25, 0.3) is 16.7 Å². The molecule has 1 aromatic carbocycles. The summed E-state index contributed by atoms with van der Waals surface area (Å²) in [5.41, 5.74) is 4.24. The third-order valence-corrected chi connectivity index (χ3v) is 5.06. The standard InChI is InChI=1S/C21H23N5O/c1-14-12-18-20(25-19-6-4-5-11-22-19)23-13-24-21(18)26(15(14)2)16-7-9-17(27-3)10-8-16/h7-10,12-13H,4-6,11H2,1-3H3/p+1. The maximum Gasteiger partial charge on any atom is 0.341 e. The number of benzene rings is 1. The topological polar surface area (TPSA) is 63.3 Å². The largest absolute Gasteiger partial charge is 0.497 e. The van der Waals surface area contributed by atoms with Crippen LogP contribution in [0.5, 0.6) is 5.75 Å². The van der Waals surface area contributed by atoms with Crippen LogP contribution in [0.4, 0.5) is 5.82 Å². The molecular formula is C21H24N5O+. The summed E-state index contributed by atoms with van der Waals surface area (Å²) in [7, 11) is 1.68. The van der Waals surface area contributed by atoms with Crippen LogP contribution in [-0.4, -0.2) is 29.5 Å². The second kappa shape index (κ2) is 7.31. The minimum atomic E-state index is 0.811. The number of anilines is 1. The number of hydrogen-bond acceptors (Lipinski definition) is 5. The Bertz CT molecular complexity index is 1010. The van der Waals surface area contributed by atoms with Gasteiger partial charge in [-0.2, -0.15) is 9.55 Å². The van der Waals surface area contributed by atoms with Crippen LogP contribution in [0.2, 0.25) is 0 Å². The second-order valence-corrected chi connectivity index (χ2v) is 6.82.